The van der Waals surface area contributed by atoms with Crippen molar-refractivity contribution in [3.8, 4) is 17.2 Å². The third-order valence-corrected chi connectivity index (χ3v) is 4.20. The van der Waals surface area contributed by atoms with E-state index in [1.54, 1.807) is 38.5 Å². The molecule has 0 fully saturated rings. The van der Waals surface area contributed by atoms with Crippen LogP contribution in [0, 0.1) is 6.92 Å². The Morgan fingerprint density at radius 3 is 2.60 bits per heavy atom. The molecule has 132 valence electrons. The highest BCUT2D eigenvalue weighted by atomic mass is 79.9. The fourth-order valence-electron chi connectivity index (χ4n) is 2.00. The van der Waals surface area contributed by atoms with Crippen molar-refractivity contribution < 1.29 is 19.0 Å². The minimum Gasteiger partial charge on any atom is -0.493 e. The van der Waals surface area contributed by atoms with E-state index in [1.165, 1.54) is 6.21 Å². The summed E-state index contributed by atoms with van der Waals surface area (Å²) in [5, 5.41) is 3.91. The normalized spacial score (nSPS) is 10.6. The molecule has 6 nitrogen and oxygen atoms in total. The maximum atomic E-state index is 11.8. The zero-order valence-corrected chi connectivity index (χ0v) is 15.8. The largest absolute Gasteiger partial charge is 0.493 e. The number of halogens is 1. The van der Waals surface area contributed by atoms with Crippen molar-refractivity contribution >= 4 is 28.1 Å². The van der Waals surface area contributed by atoms with Crippen LogP contribution in [0.15, 0.2) is 46.0 Å². The van der Waals surface area contributed by atoms with Gasteiger partial charge in [0.05, 0.1) is 20.4 Å². The Morgan fingerprint density at radius 1 is 1.16 bits per heavy atom. The molecule has 0 atom stereocenters. The first-order chi connectivity index (χ1) is 12.0. The lowest BCUT2D eigenvalue weighted by Crippen LogP contribution is -2.24. The molecule has 0 aromatic heterocycles. The number of amides is 1. The van der Waals surface area contributed by atoms with Gasteiger partial charge in [0.25, 0.3) is 5.91 Å². The van der Waals surface area contributed by atoms with Crippen LogP contribution < -0.4 is 19.6 Å². The van der Waals surface area contributed by atoms with Crippen molar-refractivity contribution in [3.63, 3.8) is 0 Å². The summed E-state index contributed by atoms with van der Waals surface area (Å²) < 4.78 is 16.8. The van der Waals surface area contributed by atoms with E-state index in [2.05, 4.69) is 26.5 Å². The van der Waals surface area contributed by atoms with Gasteiger partial charge in [0.1, 0.15) is 5.75 Å². The summed E-state index contributed by atoms with van der Waals surface area (Å²) in [6, 6.07) is 10.8. The Bertz CT molecular complexity index is 778. The number of carbonyl (C=O) groups excluding carboxylic acids is 1. The van der Waals surface area contributed by atoms with E-state index in [9.17, 15) is 4.79 Å². The molecule has 0 unspecified atom stereocenters. The molecule has 2 rings (SSSR count). The lowest BCUT2D eigenvalue weighted by atomic mass is 10.2. The second-order valence-corrected chi connectivity index (χ2v) is 5.96. The monoisotopic (exact) mass is 406 g/mol. The van der Waals surface area contributed by atoms with Crippen LogP contribution in [-0.4, -0.2) is 32.9 Å². The number of hydrazone groups is 1. The molecule has 0 saturated carbocycles. The Balaban J connectivity index is 1.86. The summed E-state index contributed by atoms with van der Waals surface area (Å²) in [7, 11) is 3.13. The second kappa shape index (κ2) is 9.08. The first kappa shape index (κ1) is 18.8. The van der Waals surface area contributed by atoms with E-state index in [0.29, 0.717) is 17.2 Å². The van der Waals surface area contributed by atoms with Crippen molar-refractivity contribution in [1.29, 1.82) is 0 Å². The number of hydrogen-bond acceptors (Lipinski definition) is 5. The predicted octanol–water partition coefficient (Wildman–Crippen LogP) is 3.30. The van der Waals surface area contributed by atoms with Gasteiger partial charge in [-0.05, 0) is 54.4 Å². The molecule has 0 aliphatic rings. The minimum absolute atomic E-state index is 0.121. The summed E-state index contributed by atoms with van der Waals surface area (Å²) in [5.74, 6) is 1.49. The smallest absolute Gasteiger partial charge is 0.277 e. The van der Waals surface area contributed by atoms with E-state index < -0.39 is 0 Å². The molecule has 0 radical (unpaired) electrons. The molecule has 7 heteroatoms. The topological polar surface area (TPSA) is 69.2 Å². The molecule has 0 aliphatic heterocycles. The van der Waals surface area contributed by atoms with Gasteiger partial charge < -0.3 is 14.2 Å². The Hall–Kier alpha value is -2.54. The Morgan fingerprint density at radius 2 is 1.92 bits per heavy atom. The van der Waals surface area contributed by atoms with Crippen molar-refractivity contribution in [2.24, 2.45) is 5.10 Å². The van der Waals surface area contributed by atoms with E-state index in [0.717, 1.165) is 15.6 Å². The van der Waals surface area contributed by atoms with E-state index in [1.807, 2.05) is 19.1 Å². The van der Waals surface area contributed by atoms with Crippen LogP contribution in [0.3, 0.4) is 0 Å². The molecule has 0 aliphatic carbocycles. The van der Waals surface area contributed by atoms with Gasteiger partial charge in [0.15, 0.2) is 18.1 Å². The maximum absolute atomic E-state index is 11.8. The van der Waals surface area contributed by atoms with Crippen molar-refractivity contribution in [2.45, 2.75) is 6.92 Å². The van der Waals surface area contributed by atoms with Crippen LogP contribution in [-0.2, 0) is 4.79 Å². The summed E-state index contributed by atoms with van der Waals surface area (Å²) in [5.41, 5.74) is 4.22. The van der Waals surface area contributed by atoms with Gasteiger partial charge in [-0.2, -0.15) is 5.10 Å². The Kier molecular flexibility index (Phi) is 6.82. The lowest BCUT2D eigenvalue weighted by Gasteiger charge is -2.08. The van der Waals surface area contributed by atoms with Crippen LogP contribution >= 0.6 is 15.9 Å². The SMILES string of the molecule is COc1ccc(C=NNC(=O)COc2ccc(Br)c(C)c2)cc1OC. The number of nitrogens with one attached hydrogen (secondary N) is 1. The molecular weight excluding hydrogens is 388 g/mol. The Labute approximate surface area is 154 Å². The molecule has 1 amide bonds. The van der Waals surface area contributed by atoms with E-state index >= 15 is 0 Å². The van der Waals surface area contributed by atoms with Gasteiger partial charge >= 0.3 is 0 Å². The zero-order chi connectivity index (χ0) is 18.2. The number of ether oxygens (including phenoxy) is 3. The quantitative estimate of drug-likeness (QED) is 0.565. The molecule has 25 heavy (non-hydrogen) atoms. The standard InChI is InChI=1S/C18H19BrN2O4/c1-12-8-14(5-6-15(12)19)25-11-18(22)21-20-10-13-4-7-16(23-2)17(9-13)24-3/h4-10H,11H2,1-3H3,(H,21,22). The molecule has 2 aromatic rings. The summed E-state index contributed by atoms with van der Waals surface area (Å²) in [6.07, 6.45) is 1.52. The molecule has 0 saturated heterocycles. The highest BCUT2D eigenvalue weighted by Gasteiger charge is 2.04. The maximum Gasteiger partial charge on any atom is 0.277 e. The molecule has 0 heterocycles. The number of rotatable bonds is 7. The van der Waals surface area contributed by atoms with Crippen LogP contribution in [0.25, 0.3) is 0 Å². The third-order valence-electron chi connectivity index (χ3n) is 3.31. The van der Waals surface area contributed by atoms with Crippen LogP contribution in [0.2, 0.25) is 0 Å². The number of nitrogens with zero attached hydrogens (tertiary/aromatic N) is 1. The summed E-state index contributed by atoms with van der Waals surface area (Å²) in [4.78, 5) is 11.8. The fourth-order valence-corrected chi connectivity index (χ4v) is 2.25. The molecule has 0 bridgehead atoms. The van der Waals surface area contributed by atoms with Gasteiger partial charge in [0.2, 0.25) is 0 Å². The van der Waals surface area contributed by atoms with Crippen LogP contribution in [0.1, 0.15) is 11.1 Å². The first-order valence-electron chi connectivity index (χ1n) is 7.46. The van der Waals surface area contributed by atoms with Crippen LogP contribution in [0.4, 0.5) is 0 Å². The average molecular weight is 407 g/mol. The van der Waals surface area contributed by atoms with Gasteiger partial charge in [-0.3, -0.25) is 4.79 Å². The number of benzene rings is 2. The number of aryl methyl sites for hydroxylation is 1. The minimum atomic E-state index is -0.350. The zero-order valence-electron chi connectivity index (χ0n) is 14.2. The summed E-state index contributed by atoms with van der Waals surface area (Å²) >= 11 is 3.41. The van der Waals surface area contributed by atoms with Crippen molar-refractivity contribution in [1.82, 2.24) is 5.43 Å². The number of methoxy groups -OCH3 is 2. The lowest BCUT2D eigenvalue weighted by molar-refractivity contribution is -0.123. The van der Waals surface area contributed by atoms with E-state index in [-0.39, 0.29) is 12.5 Å². The van der Waals surface area contributed by atoms with Crippen molar-refractivity contribution in [3.05, 3.63) is 52.0 Å². The number of carbonyl (C=O) groups is 1. The first-order valence-corrected chi connectivity index (χ1v) is 8.25. The van der Waals surface area contributed by atoms with Gasteiger partial charge in [-0.1, -0.05) is 15.9 Å². The molecule has 2 aromatic carbocycles. The molecule has 1 N–H and O–H groups in total. The molecule has 0 spiro atoms. The van der Waals surface area contributed by atoms with Crippen LogP contribution in [0.5, 0.6) is 17.2 Å². The average Bonchev–Trinajstić information content (AvgIpc) is 2.62. The highest BCUT2D eigenvalue weighted by molar-refractivity contribution is 9.10. The van der Waals surface area contributed by atoms with Gasteiger partial charge in [-0.25, -0.2) is 5.43 Å². The fraction of sp³-hybridized carbons (Fsp3) is 0.222. The van der Waals surface area contributed by atoms with Crippen molar-refractivity contribution in [2.75, 3.05) is 20.8 Å². The third kappa shape index (κ3) is 5.49. The van der Waals surface area contributed by atoms with Gasteiger partial charge in [-0.15, -0.1) is 0 Å². The predicted molar refractivity (Wildman–Crippen MR) is 99.7 cm³/mol. The molecular formula is C18H19BrN2O4. The highest BCUT2D eigenvalue weighted by Crippen LogP contribution is 2.26. The second-order valence-electron chi connectivity index (χ2n) is 5.11. The summed E-state index contributed by atoms with van der Waals surface area (Å²) in [6.45, 7) is 1.83. The van der Waals surface area contributed by atoms with E-state index in [4.69, 9.17) is 14.2 Å². The van der Waals surface area contributed by atoms with Gasteiger partial charge in [0, 0.05) is 4.47 Å². The number of hydrogen-bond donors (Lipinski definition) is 1.